The summed E-state index contributed by atoms with van der Waals surface area (Å²) < 4.78 is 7.43. The Bertz CT molecular complexity index is 1670. The molecule has 2 aromatic heterocycles. The topological polar surface area (TPSA) is 155 Å². The number of benzene rings is 2. The highest BCUT2D eigenvalue weighted by Crippen LogP contribution is 2.23. The van der Waals surface area contributed by atoms with E-state index in [0.717, 1.165) is 11.1 Å². The van der Waals surface area contributed by atoms with E-state index in [4.69, 9.17) is 10.5 Å². The number of primary amides is 1. The summed E-state index contributed by atoms with van der Waals surface area (Å²) in [6.45, 7) is 4.15. The number of hydrogen-bond donors (Lipinski definition) is 3. The van der Waals surface area contributed by atoms with Gasteiger partial charge in [-0.05, 0) is 70.3 Å². The molecule has 4 aromatic rings. The molecule has 2 heterocycles. The number of aromatic nitrogens is 2. The van der Waals surface area contributed by atoms with Crippen LogP contribution in [-0.4, -0.2) is 71.3 Å². The van der Waals surface area contributed by atoms with Crippen molar-refractivity contribution in [1.82, 2.24) is 24.9 Å². The fraction of sp³-hybridized carbons (Fsp3) is 0.281. The van der Waals surface area contributed by atoms with E-state index in [-0.39, 0.29) is 36.6 Å². The quantitative estimate of drug-likeness (QED) is 0.232. The second-order valence-corrected chi connectivity index (χ2v) is 10.7. The van der Waals surface area contributed by atoms with E-state index >= 15 is 0 Å². The number of nitrogens with two attached hydrogens (primary N) is 1. The molecule has 4 N–H and O–H groups in total. The highest BCUT2D eigenvalue weighted by atomic mass is 16.5. The van der Waals surface area contributed by atoms with Crippen LogP contribution in [0.25, 0.3) is 16.9 Å². The van der Waals surface area contributed by atoms with Crippen LogP contribution in [0.3, 0.4) is 0 Å². The highest BCUT2D eigenvalue weighted by Gasteiger charge is 2.18. The van der Waals surface area contributed by atoms with Gasteiger partial charge in [0.15, 0.2) is 0 Å². The van der Waals surface area contributed by atoms with Crippen molar-refractivity contribution in [2.45, 2.75) is 32.4 Å². The van der Waals surface area contributed by atoms with Gasteiger partial charge in [-0.1, -0.05) is 24.3 Å². The van der Waals surface area contributed by atoms with Crippen LogP contribution in [0, 0.1) is 11.3 Å². The van der Waals surface area contributed by atoms with E-state index in [1.54, 1.807) is 53.9 Å². The normalized spacial score (nSPS) is 11.7. The van der Waals surface area contributed by atoms with Crippen LogP contribution in [0.5, 0.6) is 5.75 Å². The molecule has 0 unspecified atom stereocenters. The Hall–Kier alpha value is -5.21. The van der Waals surface area contributed by atoms with Gasteiger partial charge in [-0.25, -0.2) is 4.98 Å². The number of pyridine rings is 1. The lowest BCUT2D eigenvalue weighted by Gasteiger charge is -2.21. The summed E-state index contributed by atoms with van der Waals surface area (Å²) in [4.78, 5) is 43.8. The number of carbonyl (C=O) groups excluding carboxylic acids is 3. The lowest BCUT2D eigenvalue weighted by atomic mass is 10.0. The molecule has 0 saturated heterocycles. The Balaban J connectivity index is 1.52. The van der Waals surface area contributed by atoms with E-state index in [0.29, 0.717) is 34.6 Å². The van der Waals surface area contributed by atoms with E-state index in [1.165, 1.54) is 6.07 Å². The maximum absolute atomic E-state index is 13.2. The first-order valence-corrected chi connectivity index (χ1v) is 13.8. The first-order chi connectivity index (χ1) is 20.5. The van der Waals surface area contributed by atoms with Gasteiger partial charge in [0.2, 0.25) is 5.91 Å². The van der Waals surface area contributed by atoms with Gasteiger partial charge in [-0.15, -0.1) is 0 Å². The zero-order chi connectivity index (χ0) is 31.1. The van der Waals surface area contributed by atoms with Crippen molar-refractivity contribution in [3.05, 3.63) is 89.2 Å². The third-order valence-electron chi connectivity index (χ3n) is 6.55. The molecular weight excluding hydrogens is 546 g/mol. The number of carbonyl (C=O) groups is 3. The number of nitrogens with zero attached hydrogens (tertiary/aromatic N) is 4. The molecule has 0 aliphatic rings. The fourth-order valence-corrected chi connectivity index (χ4v) is 4.58. The van der Waals surface area contributed by atoms with Crippen LogP contribution in [0.15, 0.2) is 67.0 Å². The Labute approximate surface area is 250 Å². The number of likely N-dealkylation sites (N-methyl/N-ethyl adjacent to an activating group) is 1. The number of ether oxygens (including phenoxy) is 1. The minimum absolute atomic E-state index is 0.117. The number of amides is 3. The molecule has 11 nitrogen and oxygen atoms in total. The predicted octanol–water partition coefficient (Wildman–Crippen LogP) is 2.78. The highest BCUT2D eigenvalue weighted by molar-refractivity contribution is 5.99. The lowest BCUT2D eigenvalue weighted by Crippen LogP contribution is -2.46. The molecule has 3 amide bonds. The third kappa shape index (κ3) is 7.96. The summed E-state index contributed by atoms with van der Waals surface area (Å²) in [6.07, 6.45) is 3.95. The largest absolute Gasteiger partial charge is 0.490 e. The molecule has 0 radical (unpaired) electrons. The maximum atomic E-state index is 13.2. The average Bonchev–Trinajstić information content (AvgIpc) is 3.40. The Morgan fingerprint density at radius 3 is 2.51 bits per heavy atom. The Kier molecular flexibility index (Phi) is 9.75. The van der Waals surface area contributed by atoms with Gasteiger partial charge in [0.25, 0.3) is 11.8 Å². The van der Waals surface area contributed by atoms with Crippen LogP contribution in [-0.2, 0) is 11.2 Å². The molecule has 4 rings (SSSR count). The molecule has 0 saturated carbocycles. The van der Waals surface area contributed by atoms with Crippen LogP contribution in [0.1, 0.15) is 45.7 Å². The van der Waals surface area contributed by atoms with Crippen molar-refractivity contribution < 1.29 is 19.1 Å². The Morgan fingerprint density at radius 1 is 1.12 bits per heavy atom. The van der Waals surface area contributed by atoms with Gasteiger partial charge in [-0.3, -0.25) is 14.4 Å². The van der Waals surface area contributed by atoms with Gasteiger partial charge in [0, 0.05) is 30.1 Å². The van der Waals surface area contributed by atoms with Crippen molar-refractivity contribution in [2.75, 3.05) is 27.2 Å². The minimum Gasteiger partial charge on any atom is -0.490 e. The predicted molar refractivity (Wildman–Crippen MR) is 163 cm³/mol. The molecule has 222 valence electrons. The summed E-state index contributed by atoms with van der Waals surface area (Å²) in [7, 11) is 3.61. The van der Waals surface area contributed by atoms with Gasteiger partial charge in [0.05, 0.1) is 35.5 Å². The average molecular weight is 582 g/mol. The van der Waals surface area contributed by atoms with E-state index in [1.807, 2.05) is 44.3 Å². The maximum Gasteiger partial charge on any atom is 0.252 e. The summed E-state index contributed by atoms with van der Waals surface area (Å²) in [5, 5.41) is 15.5. The summed E-state index contributed by atoms with van der Waals surface area (Å²) in [5.41, 5.74) is 9.35. The monoisotopic (exact) mass is 581 g/mol. The second-order valence-electron chi connectivity index (χ2n) is 10.7. The van der Waals surface area contributed by atoms with Gasteiger partial charge >= 0.3 is 0 Å². The second kappa shape index (κ2) is 13.6. The summed E-state index contributed by atoms with van der Waals surface area (Å²) >= 11 is 0. The van der Waals surface area contributed by atoms with Gasteiger partial charge in [-0.2, -0.15) is 5.26 Å². The third-order valence-corrected chi connectivity index (χ3v) is 6.55. The molecular formula is C32H35N7O4. The number of nitrogens with one attached hydrogen (secondary N) is 2. The zero-order valence-electron chi connectivity index (χ0n) is 24.6. The molecule has 43 heavy (non-hydrogen) atoms. The SMILES string of the molecule is CC(C)Oc1ccc(C(=O)N[C@H](CNC(=O)CN(C)C)Cc2ccc(-c3cn4cccc(C(N)=O)c4n3)cc2)cc1C#N. The standard InChI is InChI=1S/C32H35N7O4/c1-20(2)43-28-12-11-23(15-24(28)16-33)32(42)36-25(17-35-29(40)19-38(3)4)14-21-7-9-22(10-8-21)27-18-39-13-5-6-26(30(34)41)31(39)37-27/h5-13,15,18,20,25H,14,17,19H2,1-4H3,(H2,34,41)(H,35,40)(H,36,42)/t25-/m0/s1. The molecule has 0 spiro atoms. The molecule has 0 aliphatic heterocycles. The van der Waals surface area contributed by atoms with Crippen molar-refractivity contribution in [2.24, 2.45) is 5.73 Å². The van der Waals surface area contributed by atoms with Gasteiger partial charge < -0.3 is 30.4 Å². The molecule has 1 atom stereocenters. The zero-order valence-corrected chi connectivity index (χ0v) is 24.6. The first kappa shape index (κ1) is 30.7. The van der Waals surface area contributed by atoms with E-state index in [2.05, 4.69) is 21.7 Å². The van der Waals surface area contributed by atoms with E-state index in [9.17, 15) is 19.6 Å². The number of rotatable bonds is 12. The number of fused-ring (bicyclic) bond motifs is 1. The van der Waals surface area contributed by atoms with E-state index < -0.39 is 11.9 Å². The Morgan fingerprint density at radius 2 is 1.86 bits per heavy atom. The fourth-order valence-electron chi connectivity index (χ4n) is 4.58. The lowest BCUT2D eigenvalue weighted by molar-refractivity contribution is -0.121. The number of hydrogen-bond acceptors (Lipinski definition) is 7. The van der Waals surface area contributed by atoms with Crippen LogP contribution >= 0.6 is 0 Å². The summed E-state index contributed by atoms with van der Waals surface area (Å²) in [5.74, 6) is -0.666. The molecule has 0 bridgehead atoms. The van der Waals surface area contributed by atoms with Crippen LogP contribution < -0.4 is 21.1 Å². The number of imidazole rings is 1. The summed E-state index contributed by atoms with van der Waals surface area (Å²) in [6, 6.07) is 17.5. The van der Waals surface area contributed by atoms with Crippen molar-refractivity contribution in [1.29, 1.82) is 5.26 Å². The smallest absolute Gasteiger partial charge is 0.252 e. The minimum atomic E-state index is -0.549. The number of nitriles is 1. The molecule has 0 fully saturated rings. The molecule has 2 aromatic carbocycles. The molecule has 0 aliphatic carbocycles. The van der Waals surface area contributed by atoms with Crippen molar-refractivity contribution in [3.8, 4) is 23.1 Å². The van der Waals surface area contributed by atoms with Crippen LogP contribution in [0.2, 0.25) is 0 Å². The van der Waals surface area contributed by atoms with Crippen LogP contribution in [0.4, 0.5) is 0 Å². The van der Waals surface area contributed by atoms with Gasteiger partial charge in [0.1, 0.15) is 17.5 Å². The van der Waals surface area contributed by atoms with Crippen molar-refractivity contribution in [3.63, 3.8) is 0 Å². The molecule has 11 heteroatoms. The first-order valence-electron chi connectivity index (χ1n) is 13.8. The van der Waals surface area contributed by atoms with Crippen molar-refractivity contribution >= 4 is 23.4 Å².